The molecule has 3 amide bonds. The molecular formula is C25H33N7O5S2. The van der Waals surface area contributed by atoms with Crippen molar-refractivity contribution in [3.63, 3.8) is 0 Å². The Balaban J connectivity index is 1.85. The van der Waals surface area contributed by atoms with Crippen molar-refractivity contribution >= 4 is 59.0 Å². The third-order valence-corrected chi connectivity index (χ3v) is 7.12. The first kappa shape index (κ1) is 30.1. The summed E-state index contributed by atoms with van der Waals surface area (Å²) in [6, 6.07) is 3.19. The summed E-state index contributed by atoms with van der Waals surface area (Å²) in [4.78, 5) is 61.0. The lowest BCUT2D eigenvalue weighted by Crippen LogP contribution is -2.58. The Kier molecular flexibility index (Phi) is 11.3. The Morgan fingerprint density at radius 1 is 1.03 bits per heavy atom. The van der Waals surface area contributed by atoms with Gasteiger partial charge in [-0.3, -0.25) is 14.4 Å². The molecule has 210 valence electrons. The molecule has 0 spiro atoms. The molecule has 0 bridgehead atoms. The third-order valence-electron chi connectivity index (χ3n) is 6.11. The number of carbonyl (C=O) groups is 4. The number of fused-ring (bicyclic) bond motifs is 1. The van der Waals surface area contributed by atoms with Crippen LogP contribution in [0.2, 0.25) is 0 Å². The number of hydrogen-bond acceptors (Lipinski definition) is 8. The number of benzene rings is 1. The van der Waals surface area contributed by atoms with E-state index in [0.717, 1.165) is 16.5 Å². The Hall–Kier alpha value is -3.49. The number of thiol groups is 1. The molecular weight excluding hydrogens is 542 g/mol. The number of hydrogen-bond donors (Lipinski definition) is 8. The number of para-hydroxylation sites is 1. The van der Waals surface area contributed by atoms with Gasteiger partial charge in [0, 0.05) is 47.6 Å². The van der Waals surface area contributed by atoms with Crippen molar-refractivity contribution in [2.24, 2.45) is 5.73 Å². The second-order valence-electron chi connectivity index (χ2n) is 8.94. The zero-order chi connectivity index (χ0) is 28.4. The lowest BCUT2D eigenvalue weighted by atomic mass is 10.0. The van der Waals surface area contributed by atoms with Gasteiger partial charge in [-0.25, -0.2) is 9.78 Å². The van der Waals surface area contributed by atoms with Crippen molar-refractivity contribution in [2.75, 3.05) is 17.8 Å². The van der Waals surface area contributed by atoms with Crippen molar-refractivity contribution in [1.29, 1.82) is 0 Å². The number of aliphatic carboxylic acids is 1. The van der Waals surface area contributed by atoms with Gasteiger partial charge in [-0.15, -0.1) is 0 Å². The smallest absolute Gasteiger partial charge is 0.327 e. The molecule has 0 saturated carbocycles. The summed E-state index contributed by atoms with van der Waals surface area (Å²) < 4.78 is 0. The highest BCUT2D eigenvalue weighted by molar-refractivity contribution is 7.98. The van der Waals surface area contributed by atoms with Crippen LogP contribution in [-0.2, 0) is 32.0 Å². The minimum Gasteiger partial charge on any atom is -0.480 e. The number of nitrogens with one attached hydrogen (secondary N) is 5. The maximum Gasteiger partial charge on any atom is 0.327 e. The highest BCUT2D eigenvalue weighted by Crippen LogP contribution is 2.19. The van der Waals surface area contributed by atoms with Crippen molar-refractivity contribution in [1.82, 2.24) is 30.9 Å². The lowest BCUT2D eigenvalue weighted by molar-refractivity contribution is -0.141. The average Bonchev–Trinajstić information content (AvgIpc) is 3.59. The van der Waals surface area contributed by atoms with Gasteiger partial charge in [0.15, 0.2) is 0 Å². The fourth-order valence-corrected chi connectivity index (χ4v) is 4.68. The number of imidazole rings is 1. The van der Waals surface area contributed by atoms with Crippen LogP contribution in [0.4, 0.5) is 0 Å². The first-order chi connectivity index (χ1) is 18.7. The number of aromatic amines is 2. The first-order valence-electron chi connectivity index (χ1n) is 12.2. The molecule has 0 radical (unpaired) electrons. The number of carbonyl (C=O) groups excluding carboxylic acids is 3. The third kappa shape index (κ3) is 8.50. The van der Waals surface area contributed by atoms with Gasteiger partial charge >= 0.3 is 5.97 Å². The largest absolute Gasteiger partial charge is 0.480 e. The molecule has 0 fully saturated rings. The monoisotopic (exact) mass is 575 g/mol. The van der Waals surface area contributed by atoms with Gasteiger partial charge in [0.2, 0.25) is 17.7 Å². The van der Waals surface area contributed by atoms with Crippen LogP contribution >= 0.6 is 24.4 Å². The highest BCUT2D eigenvalue weighted by atomic mass is 32.2. The number of carboxylic acid groups (broad SMARTS) is 1. The zero-order valence-electron chi connectivity index (χ0n) is 21.3. The Morgan fingerprint density at radius 3 is 2.33 bits per heavy atom. The van der Waals surface area contributed by atoms with E-state index in [2.05, 4.69) is 43.5 Å². The van der Waals surface area contributed by atoms with Crippen LogP contribution in [0.25, 0.3) is 10.9 Å². The molecule has 14 heteroatoms. The van der Waals surface area contributed by atoms with Gasteiger partial charge in [-0.1, -0.05) is 18.2 Å². The summed E-state index contributed by atoms with van der Waals surface area (Å²) in [7, 11) is 0. The highest BCUT2D eigenvalue weighted by Gasteiger charge is 2.31. The second kappa shape index (κ2) is 14.6. The number of aromatic nitrogens is 3. The Labute approximate surface area is 235 Å². The van der Waals surface area contributed by atoms with Crippen LogP contribution in [0.5, 0.6) is 0 Å². The molecule has 0 saturated heterocycles. The van der Waals surface area contributed by atoms with Gasteiger partial charge in [0.1, 0.15) is 18.1 Å². The van der Waals surface area contributed by atoms with Gasteiger partial charge < -0.3 is 36.8 Å². The average molecular weight is 576 g/mol. The molecule has 4 unspecified atom stereocenters. The number of nitrogens with zero attached hydrogens (tertiary/aromatic N) is 1. The van der Waals surface area contributed by atoms with E-state index < -0.39 is 47.9 Å². The number of carboxylic acids is 1. The fraction of sp³-hybridized carbons (Fsp3) is 0.400. The molecule has 4 atom stereocenters. The van der Waals surface area contributed by atoms with E-state index in [9.17, 15) is 24.3 Å². The summed E-state index contributed by atoms with van der Waals surface area (Å²) >= 11 is 5.56. The molecule has 1 aromatic carbocycles. The number of H-pyrrole nitrogens is 2. The summed E-state index contributed by atoms with van der Waals surface area (Å²) in [5.74, 6) is -2.54. The van der Waals surface area contributed by atoms with Crippen molar-refractivity contribution < 1.29 is 24.3 Å². The van der Waals surface area contributed by atoms with Gasteiger partial charge in [-0.2, -0.15) is 24.4 Å². The maximum atomic E-state index is 13.5. The molecule has 0 aliphatic heterocycles. The summed E-state index contributed by atoms with van der Waals surface area (Å²) in [6.07, 6.45) is 7.19. The van der Waals surface area contributed by atoms with E-state index in [4.69, 9.17) is 5.73 Å². The number of nitrogens with two attached hydrogens (primary N) is 1. The predicted molar refractivity (Wildman–Crippen MR) is 153 cm³/mol. The van der Waals surface area contributed by atoms with Crippen molar-refractivity contribution in [3.05, 3.63) is 54.2 Å². The lowest BCUT2D eigenvalue weighted by Gasteiger charge is -2.25. The van der Waals surface area contributed by atoms with Crippen LogP contribution in [-0.4, -0.2) is 85.7 Å². The van der Waals surface area contributed by atoms with E-state index in [1.807, 2.05) is 30.5 Å². The van der Waals surface area contributed by atoms with Crippen molar-refractivity contribution in [2.45, 2.75) is 43.4 Å². The summed E-state index contributed by atoms with van der Waals surface area (Å²) in [5, 5.41) is 18.1. The molecule has 3 aromatic rings. The minimum atomic E-state index is -1.25. The predicted octanol–water partition coefficient (Wildman–Crippen LogP) is 0.225. The topological polar surface area (TPSA) is 195 Å². The van der Waals surface area contributed by atoms with Gasteiger partial charge in [-0.05, 0) is 30.1 Å². The summed E-state index contributed by atoms with van der Waals surface area (Å²) in [5.41, 5.74) is 8.19. The zero-order valence-corrected chi connectivity index (χ0v) is 23.1. The SMILES string of the molecule is CSCCC(N)C(=O)NC(Cc1cnc[nH]1)C(=O)NC(Cc1c[nH]c2ccccc12)C(=O)NC(CS)C(=O)O. The van der Waals surface area contributed by atoms with Crippen LogP contribution in [0.15, 0.2) is 43.0 Å². The van der Waals surface area contributed by atoms with Crippen LogP contribution in [0, 0.1) is 0 Å². The minimum absolute atomic E-state index is 0.0679. The normalized spacial score (nSPS) is 14.2. The molecule has 0 aliphatic carbocycles. The Bertz CT molecular complexity index is 1270. The molecule has 2 aromatic heterocycles. The van der Waals surface area contributed by atoms with Gasteiger partial charge in [0.25, 0.3) is 0 Å². The molecule has 8 N–H and O–H groups in total. The number of rotatable bonds is 15. The molecule has 0 aliphatic rings. The molecule has 2 heterocycles. The number of amides is 3. The molecule has 39 heavy (non-hydrogen) atoms. The second-order valence-corrected chi connectivity index (χ2v) is 10.3. The van der Waals surface area contributed by atoms with Gasteiger partial charge in [0.05, 0.1) is 12.4 Å². The van der Waals surface area contributed by atoms with E-state index >= 15 is 0 Å². The molecule has 3 rings (SSSR count). The molecule has 12 nitrogen and oxygen atoms in total. The maximum absolute atomic E-state index is 13.5. The van der Waals surface area contributed by atoms with E-state index in [1.165, 1.54) is 12.5 Å². The van der Waals surface area contributed by atoms with E-state index in [-0.39, 0.29) is 18.6 Å². The number of thioether (sulfide) groups is 1. The van der Waals surface area contributed by atoms with Crippen molar-refractivity contribution in [3.8, 4) is 0 Å². The first-order valence-corrected chi connectivity index (χ1v) is 14.3. The summed E-state index contributed by atoms with van der Waals surface area (Å²) in [6.45, 7) is 0. The quantitative estimate of drug-likeness (QED) is 0.118. The van der Waals surface area contributed by atoms with E-state index in [0.29, 0.717) is 17.9 Å². The van der Waals surface area contributed by atoms with Crippen LogP contribution < -0.4 is 21.7 Å². The van der Waals surface area contributed by atoms with Crippen LogP contribution in [0.3, 0.4) is 0 Å². The van der Waals surface area contributed by atoms with E-state index in [1.54, 1.807) is 18.0 Å². The van der Waals surface area contributed by atoms with Crippen LogP contribution in [0.1, 0.15) is 17.7 Å². The standard InChI is InChI=1S/C25H33N7O5S2/c1-39-7-6-17(26)22(33)30-20(9-15-11-27-13-29-15)24(35)31-19(23(34)32-21(12-38)25(36)37)8-14-10-28-18-5-3-2-4-16(14)18/h2-5,10-11,13,17,19-21,28,38H,6-9,12,26H2,1H3,(H,27,29)(H,30,33)(H,31,35)(H,32,34)(H,36,37). The fourth-order valence-electron chi connectivity index (χ4n) is 3.94. The Morgan fingerprint density at radius 2 is 1.69 bits per heavy atom.